The topological polar surface area (TPSA) is 184 Å². The van der Waals surface area contributed by atoms with Gasteiger partial charge in [-0.2, -0.15) is 0 Å². The van der Waals surface area contributed by atoms with E-state index in [0.717, 1.165) is 27.6 Å². The summed E-state index contributed by atoms with van der Waals surface area (Å²) in [5.74, 6) is -2.46. The molecule has 0 bridgehead atoms. The van der Waals surface area contributed by atoms with E-state index >= 15 is 0 Å². The highest BCUT2D eigenvalue weighted by atomic mass is 32.2. The molecule has 6 rings (SSSR count). The van der Waals surface area contributed by atoms with Crippen molar-refractivity contribution in [2.75, 3.05) is 18.6 Å². The van der Waals surface area contributed by atoms with Gasteiger partial charge in [0.25, 0.3) is 11.8 Å². The first-order valence-electron chi connectivity index (χ1n) is 11.8. The second-order valence-corrected chi connectivity index (χ2v) is 12.8. The van der Waals surface area contributed by atoms with Crippen molar-refractivity contribution in [2.24, 2.45) is 5.16 Å². The van der Waals surface area contributed by atoms with Crippen molar-refractivity contribution in [3.05, 3.63) is 63.5 Å². The Morgan fingerprint density at radius 2 is 2.20 bits per heavy atom. The summed E-state index contributed by atoms with van der Waals surface area (Å²) >= 11 is 5.02. The van der Waals surface area contributed by atoms with Gasteiger partial charge in [-0.05, 0) is 6.07 Å². The molecule has 0 spiro atoms. The molecule has 14 nitrogen and oxygen atoms in total. The zero-order valence-corrected chi connectivity index (χ0v) is 24.3. The lowest BCUT2D eigenvalue weighted by atomic mass is 10.0. The van der Waals surface area contributed by atoms with Crippen LogP contribution in [0, 0.1) is 0 Å². The maximum Gasteiger partial charge on any atom is 0.307 e. The average molecular weight is 630 g/mol. The number of nitrogens with zero attached hydrogens (tertiary/aromatic N) is 7. The highest BCUT2D eigenvalue weighted by Crippen LogP contribution is 2.45. The highest BCUT2D eigenvalue weighted by molar-refractivity contribution is 8.07. The van der Waals surface area contributed by atoms with E-state index < -0.39 is 29.2 Å². The fraction of sp³-hybridized carbons (Fsp3) is 0.217. The molecule has 210 valence electrons. The Kier molecular flexibility index (Phi) is 7.37. The number of thiazole rings is 2. The monoisotopic (exact) mass is 629 g/mol. The molecule has 4 aromatic heterocycles. The Morgan fingerprint density at radius 3 is 2.95 bits per heavy atom. The molecule has 0 radical (unpaired) electrons. The number of thioether (sulfide) groups is 2. The summed E-state index contributed by atoms with van der Waals surface area (Å²) in [6.45, 7) is 0.510. The second kappa shape index (κ2) is 11.1. The number of hydrogen-bond acceptors (Lipinski definition) is 14. The van der Waals surface area contributed by atoms with Crippen LogP contribution in [0.3, 0.4) is 0 Å². The molecule has 0 unspecified atom stereocenters. The van der Waals surface area contributed by atoms with Crippen LogP contribution in [0.1, 0.15) is 11.4 Å². The van der Waals surface area contributed by atoms with Gasteiger partial charge < -0.3 is 25.8 Å². The first-order chi connectivity index (χ1) is 19.8. The fourth-order valence-electron chi connectivity index (χ4n) is 4.32. The molecule has 2 atom stereocenters. The number of amides is 2. The fourth-order valence-corrected chi connectivity index (χ4v) is 8.33. The van der Waals surface area contributed by atoms with Crippen LogP contribution in [0.2, 0.25) is 0 Å². The Balaban J connectivity index is 1.17. The van der Waals surface area contributed by atoms with Crippen molar-refractivity contribution in [3.8, 4) is 0 Å². The summed E-state index contributed by atoms with van der Waals surface area (Å²) in [4.78, 5) is 53.3. The van der Waals surface area contributed by atoms with E-state index in [2.05, 4.69) is 25.5 Å². The molecule has 41 heavy (non-hydrogen) atoms. The van der Waals surface area contributed by atoms with Gasteiger partial charge in [0.2, 0.25) is 0 Å². The number of nitrogen functional groups attached to an aromatic ring is 1. The minimum Gasteiger partial charge on any atom is -0.543 e. The Hall–Kier alpha value is -4.00. The zero-order valence-electron chi connectivity index (χ0n) is 21.0. The molecule has 1 saturated heterocycles. The van der Waals surface area contributed by atoms with Gasteiger partial charge in [-0.25, -0.2) is 14.5 Å². The number of carbonyl (C=O) groups excluding carboxylic acids is 3. The molecular weight excluding hydrogens is 611 g/mol. The standard InChI is InChI=1S/C23H19N9O5S4/c1-37-29-15(12-9-39-22(24)27-12)18(33)28-16-19(34)32-17(21(35)36)13(10-38-20(16)32)41-23-26-11(8-40-23)7-30-5-6-31-14(30)3-2-4-25-31/h2-6,8-9,16,20H,7,10H2,1H3,(H3-,24,27,28,33,35,36)/b29-15-/t16-,20-/m1/s1. The molecule has 2 amide bonds. The van der Waals surface area contributed by atoms with Gasteiger partial charge in [-0.15, -0.1) is 39.0 Å². The molecule has 0 aromatic carbocycles. The molecule has 4 aromatic rings. The quantitative estimate of drug-likeness (QED) is 0.107. The van der Waals surface area contributed by atoms with Crippen molar-refractivity contribution in [1.29, 1.82) is 0 Å². The van der Waals surface area contributed by atoms with Gasteiger partial charge >= 0.3 is 5.65 Å². The number of nitrogens with one attached hydrogen (secondary N) is 1. The van der Waals surface area contributed by atoms with Gasteiger partial charge in [-0.1, -0.05) is 22.0 Å². The van der Waals surface area contributed by atoms with E-state index in [1.165, 1.54) is 42.0 Å². The van der Waals surface area contributed by atoms with E-state index in [1.807, 2.05) is 34.5 Å². The van der Waals surface area contributed by atoms with E-state index in [4.69, 9.17) is 10.6 Å². The number of carboxylic acid groups (broad SMARTS) is 1. The first kappa shape index (κ1) is 27.2. The van der Waals surface area contributed by atoms with Crippen LogP contribution in [-0.4, -0.2) is 72.3 Å². The van der Waals surface area contributed by atoms with Crippen molar-refractivity contribution in [3.63, 3.8) is 0 Å². The lowest BCUT2D eigenvalue weighted by Crippen LogP contribution is -2.71. The van der Waals surface area contributed by atoms with Crippen LogP contribution in [0.25, 0.3) is 5.65 Å². The number of anilines is 1. The number of aromatic nitrogens is 5. The van der Waals surface area contributed by atoms with Crippen LogP contribution < -0.4 is 20.7 Å². The van der Waals surface area contributed by atoms with Gasteiger partial charge in [0, 0.05) is 27.5 Å². The van der Waals surface area contributed by atoms with Crippen molar-refractivity contribution >= 4 is 80.5 Å². The van der Waals surface area contributed by atoms with Gasteiger partial charge in [0.05, 0.1) is 23.6 Å². The number of β-lactam (4-membered cyclic amide) rings is 1. The third-order valence-electron chi connectivity index (χ3n) is 6.09. The predicted molar refractivity (Wildman–Crippen MR) is 150 cm³/mol. The third kappa shape index (κ3) is 5.14. The summed E-state index contributed by atoms with van der Waals surface area (Å²) < 4.78 is 4.40. The van der Waals surface area contributed by atoms with Crippen molar-refractivity contribution in [2.45, 2.75) is 22.3 Å². The van der Waals surface area contributed by atoms with Crippen LogP contribution >= 0.6 is 46.2 Å². The summed E-state index contributed by atoms with van der Waals surface area (Å²) in [7, 11) is 1.27. The molecule has 6 heterocycles. The van der Waals surface area contributed by atoms with E-state index in [9.17, 15) is 19.5 Å². The number of aliphatic carboxylic acids is 1. The number of fused-ring (bicyclic) bond motifs is 2. The summed E-state index contributed by atoms with van der Waals surface area (Å²) in [5, 5.41) is 25.8. The van der Waals surface area contributed by atoms with E-state index in [1.54, 1.807) is 16.1 Å². The van der Waals surface area contributed by atoms with Crippen LogP contribution in [0.15, 0.2) is 61.6 Å². The minimum absolute atomic E-state index is 0.151. The lowest BCUT2D eigenvalue weighted by molar-refractivity contribution is -0.662. The highest BCUT2D eigenvalue weighted by Gasteiger charge is 2.53. The van der Waals surface area contributed by atoms with Crippen LogP contribution in [-0.2, 0) is 25.8 Å². The Morgan fingerprint density at radius 1 is 1.34 bits per heavy atom. The van der Waals surface area contributed by atoms with Crippen LogP contribution in [0.5, 0.6) is 0 Å². The smallest absolute Gasteiger partial charge is 0.307 e. The first-order valence-corrected chi connectivity index (χ1v) is 15.4. The number of hydrogen-bond donors (Lipinski definition) is 2. The second-order valence-electron chi connectivity index (χ2n) is 8.57. The molecule has 0 saturated carbocycles. The number of imidazole rings is 1. The van der Waals surface area contributed by atoms with Gasteiger partial charge in [0.1, 0.15) is 37.0 Å². The number of oxime groups is 1. The van der Waals surface area contributed by atoms with E-state index in [0.29, 0.717) is 15.8 Å². The van der Waals surface area contributed by atoms with Gasteiger partial charge in [0.15, 0.2) is 21.4 Å². The molecule has 1 fully saturated rings. The Bertz CT molecular complexity index is 1750. The van der Waals surface area contributed by atoms with Crippen LogP contribution in [0.4, 0.5) is 5.13 Å². The summed E-state index contributed by atoms with van der Waals surface area (Å²) in [6, 6.07) is 2.83. The van der Waals surface area contributed by atoms with Crippen molar-refractivity contribution in [1.82, 2.24) is 29.8 Å². The summed E-state index contributed by atoms with van der Waals surface area (Å²) in [6.07, 6.45) is 5.46. The summed E-state index contributed by atoms with van der Waals surface area (Å²) in [5.41, 5.74) is 7.19. The molecular formula is C23H19N9O5S4. The maximum atomic E-state index is 13.1. The number of carboxylic acids is 1. The van der Waals surface area contributed by atoms with Gasteiger partial charge in [-0.3, -0.25) is 14.5 Å². The lowest BCUT2D eigenvalue weighted by Gasteiger charge is -2.50. The van der Waals surface area contributed by atoms with Crippen molar-refractivity contribution < 1.29 is 28.9 Å². The van der Waals surface area contributed by atoms with E-state index in [-0.39, 0.29) is 28.0 Å². The zero-order chi connectivity index (χ0) is 28.7. The third-order valence-corrected chi connectivity index (χ3v) is 10.3. The Labute approximate surface area is 247 Å². The minimum atomic E-state index is -1.48. The molecule has 2 aliphatic rings. The molecule has 2 aliphatic heterocycles. The number of rotatable bonds is 9. The molecule has 3 N–H and O–H groups in total. The largest absolute Gasteiger partial charge is 0.543 e. The normalized spacial score (nSPS) is 18.8. The number of nitrogens with two attached hydrogens (primary N) is 1. The number of carbonyl (C=O) groups is 3. The molecule has 18 heteroatoms. The SMILES string of the molecule is CO/N=C(\C(=O)N[C@@H]1C(=O)N2C(C(=O)[O-])=C(Sc3nc(C[n+]4ccn5ncccc54)cs3)CS[C@H]12)c1csc(N)n1. The predicted octanol–water partition coefficient (Wildman–Crippen LogP) is -0.330. The molecule has 0 aliphatic carbocycles. The average Bonchev–Trinajstić information content (AvgIpc) is 3.70. The maximum absolute atomic E-state index is 13.1.